The van der Waals surface area contributed by atoms with E-state index in [9.17, 15) is 0 Å². The Morgan fingerprint density at radius 1 is 1.19 bits per heavy atom. The molecular weight excluding hydrogens is 258 g/mol. The highest BCUT2D eigenvalue weighted by Gasteiger charge is 2.24. The second kappa shape index (κ2) is 8.52. The molecule has 0 amide bonds. The Morgan fingerprint density at radius 2 is 1.86 bits per heavy atom. The Bertz CT molecular complexity index is 383. The second-order valence-electron chi connectivity index (χ2n) is 6.66. The number of aryl methyl sites for hydroxylation is 1. The van der Waals surface area contributed by atoms with Gasteiger partial charge in [-0.3, -0.25) is 4.90 Å². The Balaban J connectivity index is 1.77. The van der Waals surface area contributed by atoms with Gasteiger partial charge in [-0.1, -0.05) is 30.3 Å². The van der Waals surface area contributed by atoms with E-state index in [4.69, 9.17) is 5.73 Å². The lowest BCUT2D eigenvalue weighted by Gasteiger charge is -2.38. The van der Waals surface area contributed by atoms with Crippen molar-refractivity contribution >= 4 is 0 Å². The van der Waals surface area contributed by atoms with Crippen molar-refractivity contribution in [3.05, 3.63) is 35.9 Å². The molecule has 118 valence electrons. The Labute approximate surface area is 130 Å². The van der Waals surface area contributed by atoms with E-state index in [2.05, 4.69) is 54.2 Å². The zero-order valence-corrected chi connectivity index (χ0v) is 13.7. The number of benzene rings is 1. The van der Waals surface area contributed by atoms with Crippen molar-refractivity contribution in [1.82, 2.24) is 9.80 Å². The molecule has 1 aromatic rings. The van der Waals surface area contributed by atoms with Gasteiger partial charge in [-0.25, -0.2) is 0 Å². The first kappa shape index (κ1) is 16.5. The lowest BCUT2D eigenvalue weighted by molar-refractivity contribution is 0.118. The van der Waals surface area contributed by atoms with E-state index in [1.165, 1.54) is 44.5 Å². The van der Waals surface area contributed by atoms with E-state index in [0.29, 0.717) is 6.04 Å². The fraction of sp³-hybridized carbons (Fsp3) is 0.667. The van der Waals surface area contributed by atoms with Gasteiger partial charge in [-0.05, 0) is 64.3 Å². The minimum atomic E-state index is 0.547. The Hall–Kier alpha value is -0.900. The lowest BCUT2D eigenvalue weighted by Crippen LogP contribution is -2.46. The summed E-state index contributed by atoms with van der Waals surface area (Å²) in [5, 5.41) is 0. The van der Waals surface area contributed by atoms with Gasteiger partial charge in [-0.15, -0.1) is 0 Å². The van der Waals surface area contributed by atoms with Crippen LogP contribution in [0, 0.1) is 5.92 Å². The molecule has 0 saturated carbocycles. The third-order valence-electron chi connectivity index (χ3n) is 4.67. The summed E-state index contributed by atoms with van der Waals surface area (Å²) in [6, 6.07) is 11.3. The monoisotopic (exact) mass is 289 g/mol. The number of hydrogen-bond donors (Lipinski definition) is 1. The molecule has 3 heteroatoms. The van der Waals surface area contributed by atoms with Gasteiger partial charge in [-0.2, -0.15) is 0 Å². The molecule has 1 fully saturated rings. The zero-order chi connectivity index (χ0) is 15.1. The lowest BCUT2D eigenvalue weighted by atomic mass is 9.94. The number of nitrogens with two attached hydrogens (primary N) is 1. The number of nitrogens with zero attached hydrogens (tertiary/aromatic N) is 2. The fourth-order valence-electron chi connectivity index (χ4n) is 3.44. The molecule has 1 aliphatic heterocycles. The average Bonchev–Trinajstić information content (AvgIpc) is 2.50. The SMILES string of the molecule is CN(C)CC1CCN(C(CN)CCc2ccccc2)CC1. The van der Waals surface area contributed by atoms with Gasteiger partial charge < -0.3 is 10.6 Å². The average molecular weight is 289 g/mol. The molecule has 0 aliphatic carbocycles. The molecule has 1 heterocycles. The second-order valence-corrected chi connectivity index (χ2v) is 6.66. The van der Waals surface area contributed by atoms with Gasteiger partial charge in [0.05, 0.1) is 0 Å². The number of hydrogen-bond acceptors (Lipinski definition) is 3. The third-order valence-corrected chi connectivity index (χ3v) is 4.67. The van der Waals surface area contributed by atoms with E-state index in [-0.39, 0.29) is 0 Å². The maximum Gasteiger partial charge on any atom is 0.0221 e. The molecule has 2 rings (SSSR count). The van der Waals surface area contributed by atoms with E-state index < -0.39 is 0 Å². The Kier molecular flexibility index (Phi) is 6.68. The van der Waals surface area contributed by atoms with E-state index in [1.807, 2.05) is 0 Å². The van der Waals surface area contributed by atoms with Crippen LogP contribution in [-0.4, -0.2) is 56.1 Å². The van der Waals surface area contributed by atoms with Crippen LogP contribution in [0.5, 0.6) is 0 Å². The highest BCUT2D eigenvalue weighted by molar-refractivity contribution is 5.14. The third kappa shape index (κ3) is 5.42. The predicted octanol–water partition coefficient (Wildman–Crippen LogP) is 2.22. The number of piperidine rings is 1. The van der Waals surface area contributed by atoms with Crippen LogP contribution in [-0.2, 0) is 6.42 Å². The maximum atomic E-state index is 6.03. The van der Waals surface area contributed by atoms with Gasteiger partial charge in [0.1, 0.15) is 0 Å². The molecular formula is C18H31N3. The normalized spacial score (nSPS) is 19.0. The molecule has 1 unspecified atom stereocenters. The van der Waals surface area contributed by atoms with Crippen LogP contribution in [0.4, 0.5) is 0 Å². The van der Waals surface area contributed by atoms with Crippen LogP contribution >= 0.6 is 0 Å². The summed E-state index contributed by atoms with van der Waals surface area (Å²) in [6.45, 7) is 4.45. The first-order valence-corrected chi connectivity index (χ1v) is 8.32. The molecule has 0 radical (unpaired) electrons. The summed E-state index contributed by atoms with van der Waals surface area (Å²) in [4.78, 5) is 4.94. The molecule has 1 aromatic carbocycles. The van der Waals surface area contributed by atoms with Crippen molar-refractivity contribution in [3.8, 4) is 0 Å². The highest BCUT2D eigenvalue weighted by Crippen LogP contribution is 2.21. The van der Waals surface area contributed by atoms with Crippen molar-refractivity contribution in [2.45, 2.75) is 31.7 Å². The standard InChI is InChI=1S/C18H31N3/c1-20(2)15-17-10-12-21(13-11-17)18(14-19)9-8-16-6-4-3-5-7-16/h3-7,17-18H,8-15,19H2,1-2H3. The molecule has 21 heavy (non-hydrogen) atoms. The van der Waals surface area contributed by atoms with Crippen LogP contribution in [0.2, 0.25) is 0 Å². The largest absolute Gasteiger partial charge is 0.329 e. The van der Waals surface area contributed by atoms with E-state index in [0.717, 1.165) is 18.9 Å². The van der Waals surface area contributed by atoms with E-state index >= 15 is 0 Å². The van der Waals surface area contributed by atoms with Crippen LogP contribution in [0.25, 0.3) is 0 Å². The van der Waals surface area contributed by atoms with Gasteiger partial charge in [0.15, 0.2) is 0 Å². The van der Waals surface area contributed by atoms with Crippen LogP contribution in [0.15, 0.2) is 30.3 Å². The smallest absolute Gasteiger partial charge is 0.0221 e. The number of likely N-dealkylation sites (tertiary alicyclic amines) is 1. The van der Waals surface area contributed by atoms with Gasteiger partial charge in [0.2, 0.25) is 0 Å². The molecule has 1 saturated heterocycles. The molecule has 0 bridgehead atoms. The maximum absolute atomic E-state index is 6.03. The van der Waals surface area contributed by atoms with Crippen molar-refractivity contribution < 1.29 is 0 Å². The Morgan fingerprint density at radius 3 is 2.43 bits per heavy atom. The van der Waals surface area contributed by atoms with Crippen molar-refractivity contribution in [2.24, 2.45) is 11.7 Å². The predicted molar refractivity (Wildman–Crippen MR) is 90.5 cm³/mol. The van der Waals surface area contributed by atoms with Gasteiger partial charge in [0.25, 0.3) is 0 Å². The summed E-state index contributed by atoms with van der Waals surface area (Å²) in [6.07, 6.45) is 4.96. The van der Waals surface area contributed by atoms with E-state index in [1.54, 1.807) is 0 Å². The fourth-order valence-corrected chi connectivity index (χ4v) is 3.44. The zero-order valence-electron chi connectivity index (χ0n) is 13.7. The summed E-state index contributed by atoms with van der Waals surface area (Å²) >= 11 is 0. The van der Waals surface area contributed by atoms with Gasteiger partial charge in [0, 0.05) is 19.1 Å². The highest BCUT2D eigenvalue weighted by atomic mass is 15.2. The van der Waals surface area contributed by atoms with Crippen molar-refractivity contribution in [1.29, 1.82) is 0 Å². The molecule has 2 N–H and O–H groups in total. The summed E-state index contributed by atoms with van der Waals surface area (Å²) < 4.78 is 0. The first-order chi connectivity index (χ1) is 10.2. The quantitative estimate of drug-likeness (QED) is 0.835. The minimum absolute atomic E-state index is 0.547. The summed E-state index contributed by atoms with van der Waals surface area (Å²) in [5.74, 6) is 0.865. The van der Waals surface area contributed by atoms with Crippen molar-refractivity contribution in [2.75, 3.05) is 40.3 Å². The summed E-state index contributed by atoms with van der Waals surface area (Å²) in [7, 11) is 4.35. The molecule has 1 aliphatic rings. The van der Waals surface area contributed by atoms with Gasteiger partial charge >= 0.3 is 0 Å². The molecule has 1 atom stereocenters. The van der Waals surface area contributed by atoms with Crippen LogP contribution in [0.3, 0.4) is 0 Å². The topological polar surface area (TPSA) is 32.5 Å². The van der Waals surface area contributed by atoms with Crippen LogP contribution in [0.1, 0.15) is 24.8 Å². The molecule has 0 spiro atoms. The minimum Gasteiger partial charge on any atom is -0.329 e. The summed E-state index contributed by atoms with van der Waals surface area (Å²) in [5.41, 5.74) is 7.46. The van der Waals surface area contributed by atoms with Crippen molar-refractivity contribution in [3.63, 3.8) is 0 Å². The first-order valence-electron chi connectivity index (χ1n) is 8.32. The number of rotatable bonds is 7. The van der Waals surface area contributed by atoms with Crippen LogP contribution < -0.4 is 5.73 Å². The molecule has 0 aromatic heterocycles. The molecule has 3 nitrogen and oxygen atoms in total.